The zero-order chi connectivity index (χ0) is 23.4. The molecule has 2 heterocycles. The zero-order valence-electron chi connectivity index (χ0n) is 19.0. The van der Waals surface area contributed by atoms with Gasteiger partial charge in [0.1, 0.15) is 6.54 Å². The highest BCUT2D eigenvalue weighted by molar-refractivity contribution is 6.12. The Kier molecular flexibility index (Phi) is 6.77. The average molecular weight is 449 g/mol. The Morgan fingerprint density at radius 1 is 1.18 bits per heavy atom. The largest absolute Gasteiger partial charge is 0.466 e. The Bertz CT molecular complexity index is 1090. The number of aryl methyl sites for hydroxylation is 1. The summed E-state index contributed by atoms with van der Waals surface area (Å²) in [5, 5.41) is 0. The quantitative estimate of drug-likeness (QED) is 0.516. The molecule has 0 unspecified atom stereocenters. The Labute approximate surface area is 193 Å². The first-order valence-electron chi connectivity index (χ1n) is 11.3. The van der Waals surface area contributed by atoms with Crippen LogP contribution in [0.3, 0.4) is 0 Å². The fourth-order valence-electron chi connectivity index (χ4n) is 4.22. The van der Waals surface area contributed by atoms with Gasteiger partial charge in [0.05, 0.1) is 18.2 Å². The summed E-state index contributed by atoms with van der Waals surface area (Å²) in [6.45, 7) is 4.81. The number of benzene rings is 2. The summed E-state index contributed by atoms with van der Waals surface area (Å²) in [6, 6.07) is 14.9. The van der Waals surface area contributed by atoms with Gasteiger partial charge in [0.15, 0.2) is 11.5 Å². The molecule has 0 spiro atoms. The highest BCUT2D eigenvalue weighted by atomic mass is 16.5. The summed E-state index contributed by atoms with van der Waals surface area (Å²) in [5.41, 5.74) is 2.47. The smallest absolute Gasteiger partial charge is 0.310 e. The molecule has 7 heteroatoms. The van der Waals surface area contributed by atoms with Crippen LogP contribution in [0, 0.1) is 12.8 Å². The summed E-state index contributed by atoms with van der Waals surface area (Å²) in [6.07, 6.45) is 3.12. The van der Waals surface area contributed by atoms with Crippen LogP contribution in [-0.4, -0.2) is 48.9 Å². The molecule has 172 valence electrons. The van der Waals surface area contributed by atoms with Gasteiger partial charge in [0.25, 0.3) is 5.91 Å². The molecule has 0 saturated carbocycles. The summed E-state index contributed by atoms with van der Waals surface area (Å²) < 4.78 is 11.0. The molecule has 2 amide bonds. The number of para-hydroxylation sites is 2. The van der Waals surface area contributed by atoms with Crippen molar-refractivity contribution in [3.63, 3.8) is 0 Å². The number of hydrogen-bond acceptors (Lipinski definition) is 5. The maximum Gasteiger partial charge on any atom is 0.310 e. The molecule has 0 aliphatic carbocycles. The zero-order valence-corrected chi connectivity index (χ0v) is 19.0. The van der Waals surface area contributed by atoms with Gasteiger partial charge >= 0.3 is 5.97 Å². The number of carbonyl (C=O) groups is 3. The van der Waals surface area contributed by atoms with Crippen molar-refractivity contribution in [2.75, 3.05) is 31.1 Å². The summed E-state index contributed by atoms with van der Waals surface area (Å²) >= 11 is 0. The molecule has 2 aliphatic rings. The first-order chi connectivity index (χ1) is 16.0. The number of piperidine rings is 1. The molecule has 2 aliphatic heterocycles. The third kappa shape index (κ3) is 5.08. The van der Waals surface area contributed by atoms with Crippen LogP contribution in [0.1, 0.15) is 30.9 Å². The summed E-state index contributed by atoms with van der Waals surface area (Å²) in [7, 11) is 0. The van der Waals surface area contributed by atoms with Gasteiger partial charge in [-0.05, 0) is 50.5 Å². The predicted octanol–water partition coefficient (Wildman–Crippen LogP) is 3.56. The van der Waals surface area contributed by atoms with E-state index in [0.717, 1.165) is 17.5 Å². The van der Waals surface area contributed by atoms with Crippen LogP contribution in [0.2, 0.25) is 0 Å². The van der Waals surface area contributed by atoms with Crippen molar-refractivity contribution in [2.24, 2.45) is 5.92 Å². The van der Waals surface area contributed by atoms with Crippen molar-refractivity contribution in [3.8, 4) is 5.75 Å². The van der Waals surface area contributed by atoms with E-state index in [1.54, 1.807) is 36.1 Å². The second-order valence-electron chi connectivity index (χ2n) is 8.31. The van der Waals surface area contributed by atoms with Crippen LogP contribution in [0.15, 0.2) is 54.3 Å². The number of anilines is 1. The number of nitrogens with zero attached hydrogens (tertiary/aromatic N) is 2. The number of hydrogen-bond donors (Lipinski definition) is 0. The number of rotatable bonds is 5. The molecule has 0 bridgehead atoms. The van der Waals surface area contributed by atoms with Crippen molar-refractivity contribution >= 4 is 29.5 Å². The fraction of sp³-hybridized carbons (Fsp3) is 0.346. The highest BCUT2D eigenvalue weighted by Crippen LogP contribution is 2.35. The molecule has 33 heavy (non-hydrogen) atoms. The van der Waals surface area contributed by atoms with E-state index in [0.29, 0.717) is 37.6 Å². The molecular weight excluding hydrogens is 420 g/mol. The highest BCUT2D eigenvalue weighted by Gasteiger charge is 2.35. The SMILES string of the molecule is CCOC(=O)[C@H]1CCCN(C(=O)CN2C(=O)/C(=C\c3cccc(C)c3)Oc3ccccc32)C1. The predicted molar refractivity (Wildman–Crippen MR) is 125 cm³/mol. The van der Waals surface area contributed by atoms with Crippen LogP contribution < -0.4 is 9.64 Å². The van der Waals surface area contributed by atoms with Crippen molar-refractivity contribution in [1.82, 2.24) is 4.90 Å². The molecule has 1 saturated heterocycles. The van der Waals surface area contributed by atoms with E-state index in [4.69, 9.17) is 9.47 Å². The van der Waals surface area contributed by atoms with Crippen LogP contribution in [-0.2, 0) is 19.1 Å². The van der Waals surface area contributed by atoms with Crippen molar-refractivity contribution < 1.29 is 23.9 Å². The second kappa shape index (κ2) is 9.90. The molecule has 0 N–H and O–H groups in total. The Morgan fingerprint density at radius 3 is 2.79 bits per heavy atom. The Morgan fingerprint density at radius 2 is 2.00 bits per heavy atom. The lowest BCUT2D eigenvalue weighted by Gasteiger charge is -2.35. The number of esters is 1. The molecule has 1 atom stereocenters. The maximum atomic E-state index is 13.3. The molecular formula is C26H28N2O5. The molecule has 2 aromatic carbocycles. The minimum Gasteiger partial charge on any atom is -0.466 e. The van der Waals surface area contributed by atoms with E-state index in [2.05, 4.69) is 0 Å². The van der Waals surface area contributed by atoms with Crippen molar-refractivity contribution in [3.05, 3.63) is 65.4 Å². The summed E-state index contributed by atoms with van der Waals surface area (Å²) in [4.78, 5) is 41.8. The lowest BCUT2D eigenvalue weighted by molar-refractivity contribution is -0.151. The number of ether oxygens (including phenoxy) is 2. The van der Waals surface area contributed by atoms with Crippen molar-refractivity contribution in [2.45, 2.75) is 26.7 Å². The van der Waals surface area contributed by atoms with E-state index in [1.807, 2.05) is 37.3 Å². The molecule has 0 radical (unpaired) electrons. The third-order valence-corrected chi connectivity index (χ3v) is 5.86. The van der Waals surface area contributed by atoms with Gasteiger partial charge in [0.2, 0.25) is 5.91 Å². The van der Waals surface area contributed by atoms with Crippen LogP contribution in [0.4, 0.5) is 5.69 Å². The first kappa shape index (κ1) is 22.6. The minimum atomic E-state index is -0.373. The van der Waals surface area contributed by atoms with Gasteiger partial charge in [0, 0.05) is 13.1 Å². The first-order valence-corrected chi connectivity index (χ1v) is 11.3. The van der Waals surface area contributed by atoms with Gasteiger partial charge in [-0.2, -0.15) is 0 Å². The fourth-order valence-corrected chi connectivity index (χ4v) is 4.22. The Balaban J connectivity index is 1.56. The number of amides is 2. The van der Waals surface area contributed by atoms with E-state index in [1.165, 1.54) is 4.90 Å². The maximum absolute atomic E-state index is 13.3. The van der Waals surface area contributed by atoms with Crippen LogP contribution in [0.25, 0.3) is 6.08 Å². The summed E-state index contributed by atoms with van der Waals surface area (Å²) in [5.74, 6) is -0.494. The van der Waals surface area contributed by atoms with Gasteiger partial charge in [-0.15, -0.1) is 0 Å². The molecule has 0 aromatic heterocycles. The van der Waals surface area contributed by atoms with Gasteiger partial charge in [-0.25, -0.2) is 0 Å². The van der Waals surface area contributed by atoms with Gasteiger partial charge < -0.3 is 14.4 Å². The van der Waals surface area contributed by atoms with E-state index in [9.17, 15) is 14.4 Å². The standard InChI is InChI=1S/C26H28N2O5/c1-3-32-26(31)20-10-7-13-27(16-20)24(29)17-28-21-11-4-5-12-22(21)33-23(25(28)30)15-19-9-6-8-18(2)14-19/h4-6,8-9,11-12,14-15,20H,3,7,10,13,16-17H2,1-2H3/b23-15+/t20-/m0/s1. The van der Waals surface area contributed by atoms with Crippen LogP contribution in [0.5, 0.6) is 5.75 Å². The topological polar surface area (TPSA) is 76.2 Å². The normalized spacial score (nSPS) is 19.2. The van der Waals surface area contributed by atoms with E-state index in [-0.39, 0.29) is 36.0 Å². The number of carbonyl (C=O) groups excluding carboxylic acids is 3. The van der Waals surface area contributed by atoms with Gasteiger partial charge in [-0.1, -0.05) is 42.0 Å². The lowest BCUT2D eigenvalue weighted by atomic mass is 9.98. The van der Waals surface area contributed by atoms with Crippen LogP contribution >= 0.6 is 0 Å². The number of fused-ring (bicyclic) bond motifs is 1. The second-order valence-corrected chi connectivity index (χ2v) is 8.31. The molecule has 2 aromatic rings. The van der Waals surface area contributed by atoms with Gasteiger partial charge in [-0.3, -0.25) is 19.3 Å². The van der Waals surface area contributed by atoms with E-state index >= 15 is 0 Å². The molecule has 4 rings (SSSR count). The number of likely N-dealkylation sites (tertiary alicyclic amines) is 1. The minimum absolute atomic E-state index is 0.125. The molecule has 7 nitrogen and oxygen atoms in total. The van der Waals surface area contributed by atoms with E-state index < -0.39 is 0 Å². The molecule has 1 fully saturated rings. The van der Waals surface area contributed by atoms with Crippen molar-refractivity contribution in [1.29, 1.82) is 0 Å². The Hall–Kier alpha value is -3.61. The third-order valence-electron chi connectivity index (χ3n) is 5.86. The monoisotopic (exact) mass is 448 g/mol. The average Bonchev–Trinajstić information content (AvgIpc) is 2.82. The lowest BCUT2D eigenvalue weighted by Crippen LogP contribution is -2.49.